The summed E-state index contributed by atoms with van der Waals surface area (Å²) in [5.74, 6) is 1.16. The lowest BCUT2D eigenvalue weighted by atomic mass is 10.2. The zero-order valence-corrected chi connectivity index (χ0v) is 12.7. The Hall–Kier alpha value is -2.13. The molecule has 0 saturated carbocycles. The Balaban J connectivity index is 2.13. The van der Waals surface area contributed by atoms with Crippen LogP contribution in [-0.2, 0) is 6.54 Å². The van der Waals surface area contributed by atoms with Gasteiger partial charge in [-0.15, -0.1) is 0 Å². The molecule has 0 atom stereocenters. The van der Waals surface area contributed by atoms with Gasteiger partial charge in [0, 0.05) is 12.2 Å². The number of benzene rings is 2. The molecule has 0 aliphatic rings. The lowest BCUT2D eigenvalue weighted by molar-refractivity contribution is 0.326. The van der Waals surface area contributed by atoms with E-state index in [1.807, 2.05) is 42.5 Å². The first kappa shape index (κ1) is 15.3. The van der Waals surface area contributed by atoms with Crippen molar-refractivity contribution < 1.29 is 9.47 Å². The van der Waals surface area contributed by atoms with Gasteiger partial charge >= 0.3 is 0 Å². The fourth-order valence-corrected chi connectivity index (χ4v) is 2.21. The van der Waals surface area contributed by atoms with E-state index in [9.17, 15) is 0 Å². The third kappa shape index (κ3) is 4.17. The lowest BCUT2D eigenvalue weighted by Gasteiger charge is -2.14. The fraction of sp³-hybridized carbons (Fsp3) is 0.176. The third-order valence-electron chi connectivity index (χ3n) is 2.91. The number of halogens is 1. The van der Waals surface area contributed by atoms with Crippen molar-refractivity contribution in [2.24, 2.45) is 0 Å². The van der Waals surface area contributed by atoms with Crippen molar-refractivity contribution in [1.29, 1.82) is 0 Å². The van der Waals surface area contributed by atoms with Crippen molar-refractivity contribution in [3.63, 3.8) is 0 Å². The first-order valence-corrected chi connectivity index (χ1v) is 7.01. The third-order valence-corrected chi connectivity index (χ3v) is 3.19. The first-order chi connectivity index (χ1) is 10.2. The summed E-state index contributed by atoms with van der Waals surface area (Å²) in [6, 6.07) is 13.8. The van der Waals surface area contributed by atoms with E-state index in [1.165, 1.54) is 0 Å². The van der Waals surface area contributed by atoms with Crippen LogP contribution >= 0.6 is 11.6 Å². The second-order valence-electron chi connectivity index (χ2n) is 4.43. The zero-order valence-electron chi connectivity index (χ0n) is 11.9. The molecular weight excluding hydrogens is 286 g/mol. The summed E-state index contributed by atoms with van der Waals surface area (Å²) >= 11 is 6.26. The molecule has 0 aliphatic carbocycles. The van der Waals surface area contributed by atoms with E-state index in [1.54, 1.807) is 13.2 Å². The van der Waals surface area contributed by atoms with Crippen LogP contribution in [0.5, 0.6) is 11.5 Å². The minimum Gasteiger partial charge on any atom is -0.493 e. The molecule has 2 aromatic carbocycles. The van der Waals surface area contributed by atoms with Crippen LogP contribution in [0.1, 0.15) is 5.56 Å². The standard InChI is InChI=1S/C17H18ClNO2/c1-3-9-21-17-15(18)10-13(11-16(17)20-2)12-19-14-7-5-4-6-8-14/h3-8,10-11,19H,1,9,12H2,2H3. The Morgan fingerprint density at radius 2 is 2.00 bits per heavy atom. The molecule has 2 rings (SSSR count). The Kier molecular flexibility index (Phi) is 5.52. The topological polar surface area (TPSA) is 30.5 Å². The van der Waals surface area contributed by atoms with Crippen LogP contribution in [0.15, 0.2) is 55.1 Å². The van der Waals surface area contributed by atoms with Crippen LogP contribution in [0.25, 0.3) is 0 Å². The molecule has 1 N–H and O–H groups in total. The number of rotatable bonds is 7. The molecule has 0 unspecified atom stereocenters. The van der Waals surface area contributed by atoms with Gasteiger partial charge in [0.2, 0.25) is 0 Å². The fourth-order valence-electron chi connectivity index (χ4n) is 1.92. The van der Waals surface area contributed by atoms with Crippen molar-refractivity contribution in [2.75, 3.05) is 19.0 Å². The minimum atomic E-state index is 0.387. The molecule has 0 radical (unpaired) electrons. The summed E-state index contributed by atoms with van der Waals surface area (Å²) in [5.41, 5.74) is 2.08. The smallest absolute Gasteiger partial charge is 0.180 e. The molecule has 3 nitrogen and oxygen atoms in total. The number of para-hydroxylation sites is 1. The minimum absolute atomic E-state index is 0.387. The molecule has 21 heavy (non-hydrogen) atoms. The van der Waals surface area contributed by atoms with E-state index >= 15 is 0 Å². The predicted molar refractivity (Wildman–Crippen MR) is 87.5 cm³/mol. The average Bonchev–Trinajstić information content (AvgIpc) is 2.52. The van der Waals surface area contributed by atoms with Crippen LogP contribution in [-0.4, -0.2) is 13.7 Å². The maximum Gasteiger partial charge on any atom is 0.180 e. The number of hydrogen-bond donors (Lipinski definition) is 1. The van der Waals surface area contributed by atoms with E-state index in [0.29, 0.717) is 29.7 Å². The molecule has 0 saturated heterocycles. The first-order valence-electron chi connectivity index (χ1n) is 6.63. The predicted octanol–water partition coefficient (Wildman–Crippen LogP) is 4.53. The van der Waals surface area contributed by atoms with Gasteiger partial charge in [-0.2, -0.15) is 0 Å². The van der Waals surface area contributed by atoms with Gasteiger partial charge in [0.25, 0.3) is 0 Å². The zero-order chi connectivity index (χ0) is 15.1. The van der Waals surface area contributed by atoms with Crippen molar-refractivity contribution in [3.8, 4) is 11.5 Å². The van der Waals surface area contributed by atoms with Crippen LogP contribution in [0.3, 0.4) is 0 Å². The highest BCUT2D eigenvalue weighted by atomic mass is 35.5. The van der Waals surface area contributed by atoms with Gasteiger partial charge in [-0.1, -0.05) is 42.5 Å². The van der Waals surface area contributed by atoms with Crippen molar-refractivity contribution >= 4 is 17.3 Å². The number of anilines is 1. The van der Waals surface area contributed by atoms with Crippen molar-refractivity contribution in [2.45, 2.75) is 6.54 Å². The van der Waals surface area contributed by atoms with Gasteiger partial charge in [0.05, 0.1) is 12.1 Å². The largest absolute Gasteiger partial charge is 0.493 e. The molecule has 0 spiro atoms. The van der Waals surface area contributed by atoms with Gasteiger partial charge < -0.3 is 14.8 Å². The second kappa shape index (κ2) is 7.60. The van der Waals surface area contributed by atoms with Gasteiger partial charge in [-0.25, -0.2) is 0 Å². The molecule has 110 valence electrons. The number of nitrogens with one attached hydrogen (secondary N) is 1. The van der Waals surface area contributed by atoms with Gasteiger partial charge in [-0.05, 0) is 29.8 Å². The molecule has 0 aliphatic heterocycles. The van der Waals surface area contributed by atoms with Gasteiger partial charge in [0.1, 0.15) is 6.61 Å². The Bertz CT molecular complexity index is 599. The highest BCUT2D eigenvalue weighted by molar-refractivity contribution is 6.32. The molecule has 0 heterocycles. The van der Waals surface area contributed by atoms with Crippen LogP contribution in [0.4, 0.5) is 5.69 Å². The molecular formula is C17H18ClNO2. The number of ether oxygens (including phenoxy) is 2. The second-order valence-corrected chi connectivity index (χ2v) is 4.84. The molecule has 0 fully saturated rings. The Labute approximate surface area is 130 Å². The quantitative estimate of drug-likeness (QED) is 0.763. The summed E-state index contributed by atoms with van der Waals surface area (Å²) in [7, 11) is 1.60. The number of methoxy groups -OCH3 is 1. The Morgan fingerprint density at radius 3 is 2.67 bits per heavy atom. The monoisotopic (exact) mass is 303 g/mol. The van der Waals surface area contributed by atoms with Crippen LogP contribution < -0.4 is 14.8 Å². The lowest BCUT2D eigenvalue weighted by Crippen LogP contribution is -2.02. The molecule has 2 aromatic rings. The molecule has 0 aromatic heterocycles. The highest BCUT2D eigenvalue weighted by Gasteiger charge is 2.11. The van der Waals surface area contributed by atoms with E-state index in [-0.39, 0.29) is 0 Å². The van der Waals surface area contributed by atoms with Gasteiger partial charge in [-0.3, -0.25) is 0 Å². The summed E-state index contributed by atoms with van der Waals surface area (Å²) in [5, 5.41) is 3.86. The maximum atomic E-state index is 6.26. The van der Waals surface area contributed by atoms with Gasteiger partial charge in [0.15, 0.2) is 11.5 Å². The summed E-state index contributed by atoms with van der Waals surface area (Å²) in [6.45, 7) is 4.66. The van der Waals surface area contributed by atoms with Crippen molar-refractivity contribution in [3.05, 3.63) is 65.7 Å². The molecule has 4 heteroatoms. The van der Waals surface area contributed by atoms with E-state index in [0.717, 1.165) is 11.3 Å². The summed E-state index contributed by atoms with van der Waals surface area (Å²) in [6.07, 6.45) is 1.67. The normalized spacial score (nSPS) is 10.0. The van der Waals surface area contributed by atoms with E-state index in [2.05, 4.69) is 11.9 Å². The average molecular weight is 304 g/mol. The van der Waals surface area contributed by atoms with E-state index < -0.39 is 0 Å². The number of hydrogen-bond acceptors (Lipinski definition) is 3. The molecule has 0 bridgehead atoms. The maximum absolute atomic E-state index is 6.26. The summed E-state index contributed by atoms with van der Waals surface area (Å²) < 4.78 is 10.9. The van der Waals surface area contributed by atoms with Crippen molar-refractivity contribution in [1.82, 2.24) is 0 Å². The van der Waals surface area contributed by atoms with Crippen LogP contribution in [0.2, 0.25) is 5.02 Å². The molecule has 0 amide bonds. The van der Waals surface area contributed by atoms with E-state index in [4.69, 9.17) is 21.1 Å². The Morgan fingerprint density at radius 1 is 1.24 bits per heavy atom. The SMILES string of the molecule is C=CCOc1c(Cl)cc(CNc2ccccc2)cc1OC. The highest BCUT2D eigenvalue weighted by Crippen LogP contribution is 2.36. The summed E-state index contributed by atoms with van der Waals surface area (Å²) in [4.78, 5) is 0. The van der Waals surface area contributed by atoms with Crippen LogP contribution in [0, 0.1) is 0 Å².